The maximum Gasteiger partial charge on any atom is 0.410 e. The summed E-state index contributed by atoms with van der Waals surface area (Å²) in [6.45, 7) is 7.88. The second-order valence-corrected chi connectivity index (χ2v) is 10.5. The van der Waals surface area contributed by atoms with Gasteiger partial charge in [-0.3, -0.25) is 9.78 Å². The Morgan fingerprint density at radius 1 is 1.27 bits per heavy atom. The highest BCUT2D eigenvalue weighted by atomic mass is 127. The molecule has 0 bridgehead atoms. The van der Waals surface area contributed by atoms with Crippen LogP contribution in [0.25, 0.3) is 11.4 Å². The van der Waals surface area contributed by atoms with Crippen LogP contribution >= 0.6 is 34.2 Å². The van der Waals surface area contributed by atoms with E-state index in [1.165, 1.54) is 9.80 Å². The van der Waals surface area contributed by atoms with Crippen LogP contribution in [-0.2, 0) is 4.74 Å². The van der Waals surface area contributed by atoms with E-state index in [9.17, 15) is 9.59 Å². The van der Waals surface area contributed by atoms with Crippen molar-refractivity contribution < 1.29 is 23.5 Å². The number of ether oxygens (including phenoxy) is 2. The van der Waals surface area contributed by atoms with Crippen LogP contribution in [0.4, 0.5) is 9.18 Å². The molecule has 0 unspecified atom stereocenters. The average molecular weight is 589 g/mol. The van der Waals surface area contributed by atoms with Gasteiger partial charge in [0.25, 0.3) is 5.91 Å². The number of aryl methyl sites for hydroxylation is 1. The van der Waals surface area contributed by atoms with Crippen molar-refractivity contribution in [3.05, 3.63) is 37.9 Å². The fourth-order valence-corrected chi connectivity index (χ4v) is 4.62. The molecule has 2 aliphatic rings. The highest BCUT2D eigenvalue weighted by molar-refractivity contribution is 14.1. The van der Waals surface area contributed by atoms with Crippen LogP contribution in [0.5, 0.6) is 5.75 Å². The predicted octanol–water partition coefficient (Wildman–Crippen LogP) is 4.30. The van der Waals surface area contributed by atoms with Gasteiger partial charge in [-0.15, -0.1) is 0 Å². The first-order chi connectivity index (χ1) is 15.5. The molecule has 1 fully saturated rings. The highest BCUT2D eigenvalue weighted by Crippen LogP contribution is 2.40. The molecule has 0 spiro atoms. The Labute approximate surface area is 209 Å². The van der Waals surface area contributed by atoms with Crippen molar-refractivity contribution in [1.29, 1.82) is 0 Å². The number of aromatic nitrogens is 2. The van der Waals surface area contributed by atoms with Crippen LogP contribution in [0.2, 0.25) is 5.02 Å². The molecule has 1 atom stereocenters. The zero-order valence-electron chi connectivity index (χ0n) is 18.6. The quantitative estimate of drug-likeness (QED) is 0.365. The lowest BCUT2D eigenvalue weighted by atomic mass is 10.1. The van der Waals surface area contributed by atoms with E-state index in [4.69, 9.17) is 21.1 Å². The number of hydrogen-bond acceptors (Lipinski definition) is 6. The molecular weight excluding hydrogens is 566 g/mol. The van der Waals surface area contributed by atoms with Gasteiger partial charge in [0.2, 0.25) is 5.95 Å². The predicted molar refractivity (Wildman–Crippen MR) is 128 cm³/mol. The highest BCUT2D eigenvalue weighted by Gasteiger charge is 2.41. The summed E-state index contributed by atoms with van der Waals surface area (Å²) in [6, 6.07) is 3.17. The van der Waals surface area contributed by atoms with E-state index in [-0.39, 0.29) is 48.3 Å². The molecule has 8 nitrogen and oxygen atoms in total. The SMILES string of the molecule is Cc1ccc(I)c(-c2nc(F)c3c(c2Cl)OC[C@H]2CN(C(=O)OC(C)(C)C)CCN2C3=O)n1. The molecular formula is C22H23ClFIN4O4. The summed E-state index contributed by atoms with van der Waals surface area (Å²) in [5.41, 5.74) is 0.301. The molecule has 0 aliphatic carbocycles. The summed E-state index contributed by atoms with van der Waals surface area (Å²) in [6.07, 6.45) is -0.468. The van der Waals surface area contributed by atoms with E-state index < -0.39 is 29.6 Å². The van der Waals surface area contributed by atoms with Gasteiger partial charge in [-0.25, -0.2) is 9.78 Å². The first-order valence-corrected chi connectivity index (χ1v) is 11.9. The first-order valence-electron chi connectivity index (χ1n) is 10.4. The molecule has 0 radical (unpaired) electrons. The van der Waals surface area contributed by atoms with Crippen molar-refractivity contribution in [2.45, 2.75) is 39.3 Å². The third-order valence-corrected chi connectivity index (χ3v) is 6.51. The van der Waals surface area contributed by atoms with E-state index in [1.54, 1.807) is 20.8 Å². The molecule has 1 saturated heterocycles. The van der Waals surface area contributed by atoms with Crippen molar-refractivity contribution in [2.24, 2.45) is 0 Å². The summed E-state index contributed by atoms with van der Waals surface area (Å²) < 4.78 is 27.3. The van der Waals surface area contributed by atoms with Gasteiger partial charge in [0, 0.05) is 28.9 Å². The van der Waals surface area contributed by atoms with Crippen LogP contribution < -0.4 is 4.74 Å². The number of nitrogens with zero attached hydrogens (tertiary/aromatic N) is 4. The smallest absolute Gasteiger partial charge is 0.410 e. The lowest BCUT2D eigenvalue weighted by Gasteiger charge is -2.40. The number of halogens is 3. The Balaban J connectivity index is 1.67. The van der Waals surface area contributed by atoms with Gasteiger partial charge < -0.3 is 19.3 Å². The minimum atomic E-state index is -0.969. The maximum absolute atomic E-state index is 15.2. The van der Waals surface area contributed by atoms with Gasteiger partial charge in [-0.1, -0.05) is 11.6 Å². The minimum Gasteiger partial charge on any atom is -0.489 e. The molecule has 4 heterocycles. The minimum absolute atomic E-state index is 0.0274. The van der Waals surface area contributed by atoms with Gasteiger partial charge in [-0.05, 0) is 62.4 Å². The monoisotopic (exact) mass is 588 g/mol. The number of piperazine rings is 1. The Kier molecular flexibility index (Phi) is 6.43. The topological polar surface area (TPSA) is 84.9 Å². The van der Waals surface area contributed by atoms with Crippen molar-refractivity contribution in [3.8, 4) is 17.1 Å². The average Bonchev–Trinajstić information content (AvgIpc) is 2.88. The Morgan fingerprint density at radius 3 is 2.70 bits per heavy atom. The van der Waals surface area contributed by atoms with E-state index >= 15 is 4.39 Å². The van der Waals surface area contributed by atoms with Crippen molar-refractivity contribution >= 4 is 46.2 Å². The summed E-state index contributed by atoms with van der Waals surface area (Å²) in [5, 5.41) is 0.0274. The number of hydrogen-bond donors (Lipinski definition) is 0. The number of carbonyl (C=O) groups is 2. The zero-order chi connectivity index (χ0) is 24.1. The van der Waals surface area contributed by atoms with E-state index in [2.05, 4.69) is 32.6 Å². The third kappa shape index (κ3) is 4.72. The van der Waals surface area contributed by atoms with Crippen LogP contribution in [0.1, 0.15) is 36.8 Å². The van der Waals surface area contributed by atoms with Gasteiger partial charge >= 0.3 is 6.09 Å². The summed E-state index contributed by atoms with van der Waals surface area (Å²) in [7, 11) is 0. The Hall–Kier alpha value is -2.21. The summed E-state index contributed by atoms with van der Waals surface area (Å²) >= 11 is 8.66. The standard InChI is InChI=1S/C22H23ClFIN4O4/c1-11-5-6-13(25)16(26-11)17-15(23)18-14(19(24)27-17)20(30)29-8-7-28(9-12(29)10-32-18)21(31)33-22(2,3)4/h5-6,12H,7-10H2,1-4H3/t12-/m1/s1. The van der Waals surface area contributed by atoms with Crippen LogP contribution in [-0.4, -0.2) is 69.7 Å². The fraction of sp³-hybridized carbons (Fsp3) is 0.455. The first kappa shape index (κ1) is 23.9. The number of amides is 2. The van der Waals surface area contributed by atoms with Gasteiger partial charge in [-0.2, -0.15) is 4.39 Å². The molecule has 2 aromatic heterocycles. The van der Waals surface area contributed by atoms with Gasteiger partial charge in [0.15, 0.2) is 5.75 Å². The zero-order valence-corrected chi connectivity index (χ0v) is 21.5. The summed E-state index contributed by atoms with van der Waals surface area (Å²) in [5.74, 6) is -1.59. The van der Waals surface area contributed by atoms with Crippen molar-refractivity contribution in [1.82, 2.24) is 19.8 Å². The number of carbonyl (C=O) groups excluding carboxylic acids is 2. The molecule has 11 heteroatoms. The van der Waals surface area contributed by atoms with Crippen LogP contribution in [0.3, 0.4) is 0 Å². The second kappa shape index (κ2) is 8.86. The molecule has 176 valence electrons. The maximum atomic E-state index is 15.2. The molecule has 33 heavy (non-hydrogen) atoms. The van der Waals surface area contributed by atoms with Crippen molar-refractivity contribution in [3.63, 3.8) is 0 Å². The van der Waals surface area contributed by atoms with Crippen LogP contribution in [0, 0.1) is 16.4 Å². The molecule has 0 saturated carbocycles. The van der Waals surface area contributed by atoms with E-state index in [0.29, 0.717) is 5.69 Å². The molecule has 4 rings (SSSR count). The largest absolute Gasteiger partial charge is 0.489 e. The molecule has 2 aromatic rings. The van der Waals surface area contributed by atoms with E-state index in [1.807, 2.05) is 19.1 Å². The van der Waals surface area contributed by atoms with Crippen LogP contribution in [0.15, 0.2) is 12.1 Å². The fourth-order valence-electron chi connectivity index (χ4n) is 3.78. The molecule has 0 N–H and O–H groups in total. The summed E-state index contributed by atoms with van der Waals surface area (Å²) in [4.78, 5) is 37.2. The Bertz CT molecular complexity index is 1140. The third-order valence-electron chi connectivity index (χ3n) is 5.29. The molecule has 2 amide bonds. The number of rotatable bonds is 1. The molecule has 2 aliphatic heterocycles. The Morgan fingerprint density at radius 2 is 2.00 bits per heavy atom. The molecule has 0 aromatic carbocycles. The number of pyridine rings is 2. The van der Waals surface area contributed by atoms with Crippen molar-refractivity contribution in [2.75, 3.05) is 26.2 Å². The van der Waals surface area contributed by atoms with E-state index in [0.717, 1.165) is 9.26 Å². The van der Waals surface area contributed by atoms with Gasteiger partial charge in [0.1, 0.15) is 34.2 Å². The lowest BCUT2D eigenvalue weighted by Crippen LogP contribution is -2.58. The lowest BCUT2D eigenvalue weighted by molar-refractivity contribution is 0.000892. The second-order valence-electron chi connectivity index (χ2n) is 8.94. The van der Waals surface area contributed by atoms with Gasteiger partial charge in [0.05, 0.1) is 6.04 Å². The number of fused-ring (bicyclic) bond motifs is 2. The normalized spacial score (nSPS) is 18.3.